The lowest BCUT2D eigenvalue weighted by Crippen LogP contribution is -2.37. The van der Waals surface area contributed by atoms with Crippen LogP contribution in [0.3, 0.4) is 0 Å². The van der Waals surface area contributed by atoms with E-state index in [2.05, 4.69) is 33.4 Å². The molecule has 1 saturated heterocycles. The number of morpholine rings is 1. The van der Waals surface area contributed by atoms with Crippen LogP contribution in [-0.2, 0) is 4.74 Å². The van der Waals surface area contributed by atoms with Gasteiger partial charge in [-0.15, -0.1) is 0 Å². The van der Waals surface area contributed by atoms with Gasteiger partial charge in [0.25, 0.3) is 0 Å². The summed E-state index contributed by atoms with van der Waals surface area (Å²) >= 11 is 0. The second-order valence-corrected chi connectivity index (χ2v) is 8.39. The summed E-state index contributed by atoms with van der Waals surface area (Å²) in [4.78, 5) is 16.7. The van der Waals surface area contributed by atoms with Crippen molar-refractivity contribution >= 4 is 5.82 Å². The minimum absolute atomic E-state index is 0.707. The van der Waals surface area contributed by atoms with Crippen LogP contribution in [0.15, 0.2) is 85.2 Å². The van der Waals surface area contributed by atoms with Crippen LogP contribution in [0.25, 0.3) is 33.8 Å². The van der Waals surface area contributed by atoms with Crippen LogP contribution in [0.4, 0.5) is 5.82 Å². The first kappa shape index (κ1) is 22.2. The van der Waals surface area contributed by atoms with Gasteiger partial charge in [0.2, 0.25) is 0 Å². The van der Waals surface area contributed by atoms with E-state index in [-0.39, 0.29) is 0 Å². The van der Waals surface area contributed by atoms with Crippen molar-refractivity contribution in [2.75, 3.05) is 44.7 Å². The second-order valence-electron chi connectivity index (χ2n) is 8.39. The molecule has 0 spiro atoms. The quantitative estimate of drug-likeness (QED) is 0.380. The molecule has 1 aliphatic heterocycles. The Kier molecular flexibility index (Phi) is 7.19. The first-order valence-corrected chi connectivity index (χ1v) is 11.8. The van der Waals surface area contributed by atoms with E-state index in [4.69, 9.17) is 14.7 Å². The second kappa shape index (κ2) is 11.0. The molecule has 0 atom stereocenters. The van der Waals surface area contributed by atoms with Gasteiger partial charge in [0.15, 0.2) is 5.82 Å². The molecule has 2 aromatic heterocycles. The van der Waals surface area contributed by atoms with Gasteiger partial charge >= 0.3 is 0 Å². The molecule has 172 valence electrons. The average molecular weight is 452 g/mol. The van der Waals surface area contributed by atoms with E-state index in [9.17, 15) is 0 Å². The topological polar surface area (TPSA) is 63.2 Å². The van der Waals surface area contributed by atoms with Crippen LogP contribution in [0.2, 0.25) is 0 Å². The van der Waals surface area contributed by atoms with Gasteiger partial charge in [-0.3, -0.25) is 9.88 Å². The number of hydrogen-bond acceptors (Lipinski definition) is 6. The van der Waals surface area contributed by atoms with Crippen LogP contribution in [0, 0.1) is 0 Å². The molecule has 4 aromatic rings. The van der Waals surface area contributed by atoms with Crippen molar-refractivity contribution in [2.24, 2.45) is 0 Å². The van der Waals surface area contributed by atoms with E-state index in [0.717, 1.165) is 79.6 Å². The van der Waals surface area contributed by atoms with Gasteiger partial charge in [0.05, 0.1) is 18.9 Å². The van der Waals surface area contributed by atoms with Gasteiger partial charge in [0, 0.05) is 54.8 Å². The lowest BCUT2D eigenvalue weighted by atomic mass is 10.0. The molecule has 5 rings (SSSR count). The minimum atomic E-state index is 0.707. The number of ether oxygens (including phenoxy) is 1. The summed E-state index contributed by atoms with van der Waals surface area (Å²) in [5.74, 6) is 1.54. The molecule has 0 bridgehead atoms. The van der Waals surface area contributed by atoms with Crippen molar-refractivity contribution in [1.29, 1.82) is 0 Å². The lowest BCUT2D eigenvalue weighted by molar-refractivity contribution is 0.0378. The van der Waals surface area contributed by atoms with Crippen molar-refractivity contribution < 1.29 is 4.74 Å². The van der Waals surface area contributed by atoms with Gasteiger partial charge in [-0.2, -0.15) is 0 Å². The summed E-state index contributed by atoms with van der Waals surface area (Å²) in [6.07, 6.45) is 4.81. The van der Waals surface area contributed by atoms with E-state index >= 15 is 0 Å². The van der Waals surface area contributed by atoms with Crippen LogP contribution >= 0.6 is 0 Å². The first-order valence-electron chi connectivity index (χ1n) is 11.8. The number of hydrogen-bond donors (Lipinski definition) is 1. The highest BCUT2D eigenvalue weighted by Crippen LogP contribution is 2.27. The standard InChI is InChI=1S/C28H29N5O/c1-3-8-22(9-4-1)24-18-25(21-29-20-24)26-19-27(30-12-7-13-33-14-16-34-17-15-33)32-28(31-26)23-10-5-2-6-11-23/h1-6,8-11,18-21H,7,12-17H2,(H,30,31,32). The highest BCUT2D eigenvalue weighted by Gasteiger charge is 2.12. The van der Waals surface area contributed by atoms with E-state index < -0.39 is 0 Å². The molecule has 34 heavy (non-hydrogen) atoms. The van der Waals surface area contributed by atoms with Gasteiger partial charge in [-0.1, -0.05) is 60.7 Å². The zero-order valence-corrected chi connectivity index (χ0v) is 19.2. The molecule has 2 aromatic carbocycles. The Labute approximate surface area is 200 Å². The Morgan fingerprint density at radius 2 is 1.47 bits per heavy atom. The zero-order valence-electron chi connectivity index (χ0n) is 19.2. The molecular weight excluding hydrogens is 422 g/mol. The fraction of sp³-hybridized carbons (Fsp3) is 0.250. The van der Waals surface area contributed by atoms with Gasteiger partial charge in [0.1, 0.15) is 5.82 Å². The molecule has 6 nitrogen and oxygen atoms in total. The van der Waals surface area contributed by atoms with E-state index in [1.807, 2.05) is 67.0 Å². The van der Waals surface area contributed by atoms with Gasteiger partial charge < -0.3 is 10.1 Å². The Bertz CT molecular complexity index is 1190. The van der Waals surface area contributed by atoms with E-state index in [0.29, 0.717) is 5.82 Å². The molecule has 0 unspecified atom stereocenters. The molecule has 6 heteroatoms. The fourth-order valence-electron chi connectivity index (χ4n) is 4.11. The molecule has 1 aliphatic rings. The van der Waals surface area contributed by atoms with Crippen LogP contribution in [-0.4, -0.2) is 59.2 Å². The summed E-state index contributed by atoms with van der Waals surface area (Å²) in [5, 5.41) is 3.52. The fourth-order valence-corrected chi connectivity index (χ4v) is 4.11. The smallest absolute Gasteiger partial charge is 0.162 e. The molecule has 0 radical (unpaired) electrons. The monoisotopic (exact) mass is 451 g/mol. The first-order chi connectivity index (χ1) is 16.8. The number of aromatic nitrogens is 3. The molecule has 1 fully saturated rings. The zero-order chi connectivity index (χ0) is 23.0. The lowest BCUT2D eigenvalue weighted by Gasteiger charge is -2.26. The van der Waals surface area contributed by atoms with Crippen molar-refractivity contribution in [2.45, 2.75) is 6.42 Å². The maximum absolute atomic E-state index is 5.44. The number of benzene rings is 2. The predicted molar refractivity (Wildman–Crippen MR) is 137 cm³/mol. The molecule has 0 aliphatic carbocycles. The van der Waals surface area contributed by atoms with Crippen molar-refractivity contribution in [3.63, 3.8) is 0 Å². The number of nitrogens with one attached hydrogen (secondary N) is 1. The third-order valence-corrected chi connectivity index (χ3v) is 5.96. The number of pyridine rings is 1. The van der Waals surface area contributed by atoms with E-state index in [1.165, 1.54) is 0 Å². The molecule has 1 N–H and O–H groups in total. The third kappa shape index (κ3) is 5.65. The normalized spacial score (nSPS) is 14.1. The Morgan fingerprint density at radius 1 is 0.765 bits per heavy atom. The third-order valence-electron chi connectivity index (χ3n) is 5.96. The van der Waals surface area contributed by atoms with Gasteiger partial charge in [-0.05, 0) is 24.6 Å². The van der Waals surface area contributed by atoms with Crippen molar-refractivity contribution in [3.05, 3.63) is 85.2 Å². The summed E-state index contributed by atoms with van der Waals surface area (Å²) in [5.41, 5.74) is 5.02. The Hall–Kier alpha value is -3.61. The van der Waals surface area contributed by atoms with Crippen molar-refractivity contribution in [3.8, 4) is 33.8 Å². The number of nitrogens with zero attached hydrogens (tertiary/aromatic N) is 4. The summed E-state index contributed by atoms with van der Waals surface area (Å²) in [6.45, 7) is 5.60. The summed E-state index contributed by atoms with van der Waals surface area (Å²) in [7, 11) is 0. The predicted octanol–water partition coefficient (Wildman–Crippen LogP) is 5.01. The highest BCUT2D eigenvalue weighted by molar-refractivity contribution is 5.72. The SMILES string of the molecule is c1ccc(-c2cncc(-c3cc(NCCCN4CCOCC4)nc(-c4ccccc4)n3)c2)cc1. The maximum atomic E-state index is 5.44. The maximum Gasteiger partial charge on any atom is 0.162 e. The minimum Gasteiger partial charge on any atom is -0.379 e. The number of rotatable bonds is 8. The Morgan fingerprint density at radius 3 is 2.24 bits per heavy atom. The largest absolute Gasteiger partial charge is 0.379 e. The Balaban J connectivity index is 1.39. The molecular formula is C28H29N5O. The molecule has 3 heterocycles. The number of anilines is 1. The van der Waals surface area contributed by atoms with Crippen LogP contribution < -0.4 is 5.32 Å². The average Bonchev–Trinajstić information content (AvgIpc) is 2.93. The van der Waals surface area contributed by atoms with E-state index in [1.54, 1.807) is 0 Å². The highest BCUT2D eigenvalue weighted by atomic mass is 16.5. The molecule has 0 saturated carbocycles. The van der Waals surface area contributed by atoms with Crippen LogP contribution in [0.5, 0.6) is 0 Å². The summed E-state index contributed by atoms with van der Waals surface area (Å²) in [6, 6.07) is 24.6. The van der Waals surface area contributed by atoms with Gasteiger partial charge in [-0.25, -0.2) is 9.97 Å². The molecule has 0 amide bonds. The van der Waals surface area contributed by atoms with Crippen LogP contribution in [0.1, 0.15) is 6.42 Å². The summed E-state index contributed by atoms with van der Waals surface area (Å²) < 4.78 is 5.44. The van der Waals surface area contributed by atoms with Crippen molar-refractivity contribution in [1.82, 2.24) is 19.9 Å².